The predicted octanol–water partition coefficient (Wildman–Crippen LogP) is 0.479. The van der Waals surface area contributed by atoms with Crippen LogP contribution in [0.2, 0.25) is 0 Å². The van der Waals surface area contributed by atoms with E-state index in [1.54, 1.807) is 17.0 Å². The van der Waals surface area contributed by atoms with Gasteiger partial charge in [-0.15, -0.1) is 0 Å². The van der Waals surface area contributed by atoms with Crippen LogP contribution in [-0.4, -0.2) is 9.55 Å². The average Bonchev–Trinajstić information content (AvgIpc) is 1.91. The normalized spacial score (nSPS) is 9.43. The third-order valence-electron chi connectivity index (χ3n) is 0.858. The Kier molecular flexibility index (Phi) is 0.855. The largest absolute Gasteiger partial charge is 0.338 e. The SMILES string of the molecule is [CH]c1nccn1C. The van der Waals surface area contributed by atoms with E-state index < -0.39 is 0 Å². The van der Waals surface area contributed by atoms with Crippen molar-refractivity contribution in [1.29, 1.82) is 0 Å². The van der Waals surface area contributed by atoms with E-state index in [-0.39, 0.29) is 0 Å². The van der Waals surface area contributed by atoms with Crippen LogP contribution in [0.1, 0.15) is 5.82 Å². The van der Waals surface area contributed by atoms with Crippen LogP contribution in [0.4, 0.5) is 0 Å². The molecule has 0 unspecified atom stereocenters. The smallest absolute Gasteiger partial charge is 0.113 e. The lowest BCUT2D eigenvalue weighted by atomic mass is 10.7. The van der Waals surface area contributed by atoms with Gasteiger partial charge in [-0.1, -0.05) is 0 Å². The molecule has 2 nitrogen and oxygen atoms in total. The van der Waals surface area contributed by atoms with Crippen LogP contribution in [0.5, 0.6) is 0 Å². The van der Waals surface area contributed by atoms with Gasteiger partial charge < -0.3 is 4.57 Å². The standard InChI is InChI=1S/C5H6N2/c1-5-6-3-4-7(5)2/h1,3-4H,2H3. The van der Waals surface area contributed by atoms with Gasteiger partial charge in [0.2, 0.25) is 0 Å². The molecule has 0 aliphatic carbocycles. The monoisotopic (exact) mass is 94.1 g/mol. The first-order valence-corrected chi connectivity index (χ1v) is 2.03. The van der Waals surface area contributed by atoms with Crippen LogP contribution >= 0.6 is 0 Å². The summed E-state index contributed by atoms with van der Waals surface area (Å²) in [5, 5.41) is 0. The van der Waals surface area contributed by atoms with Crippen molar-refractivity contribution in [3.8, 4) is 0 Å². The Labute approximate surface area is 42.8 Å². The summed E-state index contributed by atoms with van der Waals surface area (Å²) in [4.78, 5) is 3.76. The molecule has 1 rings (SSSR count). The Morgan fingerprint density at radius 1 is 1.86 bits per heavy atom. The zero-order valence-corrected chi connectivity index (χ0v) is 4.13. The fourth-order valence-corrected chi connectivity index (χ4v) is 0.377. The first kappa shape index (κ1) is 4.37. The van der Waals surface area contributed by atoms with Crippen molar-refractivity contribution in [3.05, 3.63) is 25.1 Å². The molecule has 2 radical (unpaired) electrons. The number of hydrogen-bond donors (Lipinski definition) is 0. The Bertz CT molecular complexity index is 138. The van der Waals surface area contributed by atoms with Gasteiger partial charge in [0, 0.05) is 26.4 Å². The fourth-order valence-electron chi connectivity index (χ4n) is 0.377. The molecule has 0 aliphatic heterocycles. The number of aryl methyl sites for hydroxylation is 1. The van der Waals surface area contributed by atoms with Crippen molar-refractivity contribution in [3.63, 3.8) is 0 Å². The van der Waals surface area contributed by atoms with E-state index in [4.69, 9.17) is 6.92 Å². The second kappa shape index (κ2) is 1.37. The molecule has 2 heteroatoms. The molecular weight excluding hydrogens is 88.1 g/mol. The summed E-state index contributed by atoms with van der Waals surface area (Å²) in [5.41, 5.74) is 0. The van der Waals surface area contributed by atoms with Gasteiger partial charge in [0.1, 0.15) is 5.82 Å². The van der Waals surface area contributed by atoms with Crippen LogP contribution in [0, 0.1) is 6.92 Å². The molecule has 0 saturated carbocycles. The quantitative estimate of drug-likeness (QED) is 0.457. The molecule has 1 aromatic rings. The zero-order chi connectivity index (χ0) is 5.28. The lowest BCUT2D eigenvalue weighted by Gasteiger charge is -1.86. The summed E-state index contributed by atoms with van der Waals surface area (Å²) >= 11 is 0. The van der Waals surface area contributed by atoms with E-state index in [1.165, 1.54) is 0 Å². The highest BCUT2D eigenvalue weighted by molar-refractivity contribution is 4.93. The molecule has 1 heterocycles. The summed E-state index contributed by atoms with van der Waals surface area (Å²) in [6, 6.07) is 0. The topological polar surface area (TPSA) is 17.8 Å². The van der Waals surface area contributed by atoms with Crippen molar-refractivity contribution < 1.29 is 0 Å². The van der Waals surface area contributed by atoms with E-state index in [1.807, 2.05) is 7.05 Å². The number of aromatic nitrogens is 2. The van der Waals surface area contributed by atoms with Crippen molar-refractivity contribution in [2.75, 3.05) is 0 Å². The number of imidazole rings is 1. The molecule has 1 aromatic heterocycles. The van der Waals surface area contributed by atoms with Gasteiger partial charge in [-0.05, 0) is 0 Å². The summed E-state index contributed by atoms with van der Waals surface area (Å²) in [7, 11) is 1.85. The molecular formula is C5H6N2. The molecule has 36 valence electrons. The van der Waals surface area contributed by atoms with Crippen LogP contribution in [0.25, 0.3) is 0 Å². The van der Waals surface area contributed by atoms with Gasteiger partial charge in [-0.25, -0.2) is 4.98 Å². The van der Waals surface area contributed by atoms with Crippen molar-refractivity contribution in [2.24, 2.45) is 7.05 Å². The van der Waals surface area contributed by atoms with Gasteiger partial charge in [0.25, 0.3) is 0 Å². The predicted molar refractivity (Wildman–Crippen MR) is 26.6 cm³/mol. The average molecular weight is 94.1 g/mol. The molecule has 0 spiro atoms. The zero-order valence-electron chi connectivity index (χ0n) is 4.13. The van der Waals surface area contributed by atoms with Gasteiger partial charge in [0.05, 0.1) is 0 Å². The molecule has 0 N–H and O–H groups in total. The van der Waals surface area contributed by atoms with Gasteiger partial charge in [-0.2, -0.15) is 0 Å². The van der Waals surface area contributed by atoms with Gasteiger partial charge in [0.15, 0.2) is 0 Å². The summed E-state index contributed by atoms with van der Waals surface area (Å²) in [6.07, 6.45) is 3.46. The molecule has 0 atom stereocenters. The van der Waals surface area contributed by atoms with E-state index in [0.717, 1.165) is 0 Å². The molecule has 0 saturated heterocycles. The van der Waals surface area contributed by atoms with E-state index in [9.17, 15) is 0 Å². The van der Waals surface area contributed by atoms with E-state index in [0.29, 0.717) is 5.82 Å². The summed E-state index contributed by atoms with van der Waals surface area (Å²) in [5.74, 6) is 0.556. The van der Waals surface area contributed by atoms with Crippen LogP contribution in [-0.2, 0) is 7.05 Å². The molecule has 0 aliphatic rings. The maximum atomic E-state index is 5.29. The van der Waals surface area contributed by atoms with Crippen molar-refractivity contribution >= 4 is 0 Å². The third-order valence-corrected chi connectivity index (χ3v) is 0.858. The second-order valence-electron chi connectivity index (χ2n) is 1.40. The van der Waals surface area contributed by atoms with Gasteiger partial charge in [-0.3, -0.25) is 0 Å². The van der Waals surface area contributed by atoms with Crippen LogP contribution in [0.15, 0.2) is 12.4 Å². The Morgan fingerprint density at radius 3 is 2.71 bits per heavy atom. The Balaban J connectivity index is 3.12. The molecule has 0 amide bonds. The maximum Gasteiger partial charge on any atom is 0.113 e. The number of hydrogen-bond acceptors (Lipinski definition) is 1. The molecule has 0 aromatic carbocycles. The van der Waals surface area contributed by atoms with Crippen LogP contribution in [0.3, 0.4) is 0 Å². The minimum Gasteiger partial charge on any atom is -0.338 e. The van der Waals surface area contributed by atoms with Gasteiger partial charge >= 0.3 is 0 Å². The van der Waals surface area contributed by atoms with E-state index >= 15 is 0 Å². The highest BCUT2D eigenvalue weighted by atomic mass is 15.0. The minimum atomic E-state index is 0.556. The Morgan fingerprint density at radius 2 is 2.57 bits per heavy atom. The fraction of sp³-hybridized carbons (Fsp3) is 0.200. The minimum absolute atomic E-state index is 0.556. The second-order valence-corrected chi connectivity index (χ2v) is 1.40. The van der Waals surface area contributed by atoms with E-state index in [2.05, 4.69) is 4.98 Å². The number of nitrogens with zero attached hydrogens (tertiary/aromatic N) is 2. The van der Waals surface area contributed by atoms with Crippen molar-refractivity contribution in [2.45, 2.75) is 0 Å². The first-order valence-electron chi connectivity index (χ1n) is 2.03. The number of rotatable bonds is 0. The molecule has 0 fully saturated rings. The first-order chi connectivity index (χ1) is 3.30. The lowest BCUT2D eigenvalue weighted by molar-refractivity contribution is 0.885. The van der Waals surface area contributed by atoms with Crippen LogP contribution < -0.4 is 0 Å². The summed E-state index contributed by atoms with van der Waals surface area (Å²) in [6.45, 7) is 5.29. The highest BCUT2D eigenvalue weighted by Crippen LogP contribution is 1.86. The highest BCUT2D eigenvalue weighted by Gasteiger charge is 1.84. The lowest BCUT2D eigenvalue weighted by Crippen LogP contribution is -1.86. The Hall–Kier alpha value is -0.790. The third kappa shape index (κ3) is 0.633. The van der Waals surface area contributed by atoms with Crippen molar-refractivity contribution in [1.82, 2.24) is 9.55 Å². The molecule has 0 bridgehead atoms. The maximum absolute atomic E-state index is 5.29. The summed E-state index contributed by atoms with van der Waals surface area (Å²) < 4.78 is 1.75. The molecule has 7 heavy (non-hydrogen) atoms.